The minimum Gasteiger partial charge on any atom is -0.354 e. The summed E-state index contributed by atoms with van der Waals surface area (Å²) in [6, 6.07) is 4.59. The van der Waals surface area contributed by atoms with Gasteiger partial charge in [-0.2, -0.15) is 0 Å². The van der Waals surface area contributed by atoms with Gasteiger partial charge in [0.15, 0.2) is 5.96 Å². The predicted octanol–water partition coefficient (Wildman–Crippen LogP) is 3.32. The number of rotatable bonds is 4. The molecule has 0 heterocycles. The fourth-order valence-corrected chi connectivity index (χ4v) is 3.27. The Kier molecular flexibility index (Phi) is 4.60. The fourth-order valence-electron chi connectivity index (χ4n) is 3.27. The van der Waals surface area contributed by atoms with Crippen molar-refractivity contribution in [2.75, 3.05) is 6.54 Å². The van der Waals surface area contributed by atoms with Crippen molar-refractivity contribution in [1.82, 2.24) is 10.6 Å². The molecule has 0 radical (unpaired) electrons. The lowest BCUT2D eigenvalue weighted by molar-refractivity contribution is 0.552. The molecule has 2 aliphatic rings. The van der Waals surface area contributed by atoms with E-state index in [0.29, 0.717) is 12.6 Å². The predicted molar refractivity (Wildman–Crippen MR) is 84.0 cm³/mol. The van der Waals surface area contributed by atoms with Crippen molar-refractivity contribution in [3.05, 3.63) is 35.4 Å². The number of guanidine groups is 1. The summed E-state index contributed by atoms with van der Waals surface area (Å²) in [5.41, 5.74) is 0.205. The summed E-state index contributed by atoms with van der Waals surface area (Å²) < 4.78 is 27.6. The van der Waals surface area contributed by atoms with Crippen molar-refractivity contribution in [1.29, 1.82) is 0 Å². The molecule has 1 aromatic rings. The summed E-state index contributed by atoms with van der Waals surface area (Å²) in [5, 5.41) is 6.77. The van der Waals surface area contributed by atoms with Crippen LogP contribution in [0.1, 0.15) is 50.5 Å². The molecule has 2 fully saturated rings. The molecule has 3 rings (SSSR count). The summed E-state index contributed by atoms with van der Waals surface area (Å²) in [7, 11) is 0. The Bertz CT molecular complexity index is 533. The number of hydrogen-bond donors (Lipinski definition) is 2. The van der Waals surface area contributed by atoms with Gasteiger partial charge >= 0.3 is 0 Å². The Balaban J connectivity index is 1.62. The highest BCUT2D eigenvalue weighted by atomic mass is 19.1. The van der Waals surface area contributed by atoms with Crippen LogP contribution in [-0.4, -0.2) is 24.6 Å². The molecule has 3 nitrogen and oxygen atoms in total. The lowest BCUT2D eigenvalue weighted by Gasteiger charge is -2.17. The van der Waals surface area contributed by atoms with Crippen LogP contribution >= 0.6 is 0 Å². The molecule has 120 valence electrons. The second-order valence-corrected chi connectivity index (χ2v) is 6.18. The average molecular weight is 307 g/mol. The van der Waals surface area contributed by atoms with Gasteiger partial charge in [-0.1, -0.05) is 18.9 Å². The number of hydrogen-bond acceptors (Lipinski definition) is 1. The first-order valence-electron chi connectivity index (χ1n) is 8.20. The maximum atomic E-state index is 13.8. The van der Waals surface area contributed by atoms with E-state index in [2.05, 4.69) is 15.6 Å². The van der Waals surface area contributed by atoms with E-state index in [1.54, 1.807) is 0 Å². The molecule has 2 unspecified atom stereocenters. The zero-order valence-corrected chi connectivity index (χ0v) is 12.9. The van der Waals surface area contributed by atoms with Gasteiger partial charge in [-0.05, 0) is 38.3 Å². The lowest BCUT2D eigenvalue weighted by Crippen LogP contribution is -2.43. The molecule has 0 spiro atoms. The number of nitrogens with one attached hydrogen (secondary N) is 2. The molecule has 2 N–H and O–H groups in total. The van der Waals surface area contributed by atoms with E-state index in [1.807, 2.05) is 6.92 Å². The van der Waals surface area contributed by atoms with E-state index in [9.17, 15) is 8.78 Å². The minimum absolute atomic E-state index is 0.0607. The third kappa shape index (κ3) is 3.39. The van der Waals surface area contributed by atoms with Crippen molar-refractivity contribution >= 4 is 5.96 Å². The average Bonchev–Trinajstić information content (AvgIpc) is 3.01. The van der Waals surface area contributed by atoms with Crippen molar-refractivity contribution in [2.24, 2.45) is 4.99 Å². The number of halogens is 2. The van der Waals surface area contributed by atoms with Gasteiger partial charge in [0.1, 0.15) is 11.6 Å². The molecule has 0 bridgehead atoms. The third-order valence-corrected chi connectivity index (χ3v) is 4.50. The topological polar surface area (TPSA) is 36.4 Å². The van der Waals surface area contributed by atoms with E-state index < -0.39 is 11.6 Å². The van der Waals surface area contributed by atoms with Crippen LogP contribution in [0.25, 0.3) is 0 Å². The Hall–Kier alpha value is -1.65. The van der Waals surface area contributed by atoms with Gasteiger partial charge in [0.25, 0.3) is 0 Å². The van der Waals surface area contributed by atoms with Crippen molar-refractivity contribution in [2.45, 2.75) is 57.0 Å². The molecule has 5 heteroatoms. The van der Waals surface area contributed by atoms with Crippen LogP contribution in [0, 0.1) is 11.6 Å². The highest BCUT2D eigenvalue weighted by Crippen LogP contribution is 2.43. The number of nitrogens with zero attached hydrogens (tertiary/aromatic N) is 1. The molecule has 0 aromatic heterocycles. The van der Waals surface area contributed by atoms with Gasteiger partial charge in [-0.15, -0.1) is 0 Å². The Morgan fingerprint density at radius 2 is 1.86 bits per heavy atom. The first kappa shape index (κ1) is 15.3. The largest absolute Gasteiger partial charge is 0.354 e. The lowest BCUT2D eigenvalue weighted by atomic mass is 10.1. The highest BCUT2D eigenvalue weighted by Gasteiger charge is 2.42. The maximum absolute atomic E-state index is 13.8. The summed E-state index contributed by atoms with van der Waals surface area (Å²) in [6.07, 6.45) is 5.58. The number of aliphatic imine (C=N–C) groups is 1. The molecular weight excluding hydrogens is 284 g/mol. The summed E-state index contributed by atoms with van der Waals surface area (Å²) in [4.78, 5) is 4.45. The quantitative estimate of drug-likeness (QED) is 0.661. The standard InChI is InChI=1S/C17H23F2N3/c1-2-20-17(21-11-6-3-4-7-11)22-15-10-12(15)16-13(18)8-5-9-14(16)19/h5,8-9,11-12,15H,2-4,6-7,10H2,1H3,(H2,20,21,22). The van der Waals surface area contributed by atoms with Crippen LogP contribution in [0.2, 0.25) is 0 Å². The molecule has 1 aromatic carbocycles. The maximum Gasteiger partial charge on any atom is 0.191 e. The van der Waals surface area contributed by atoms with Crippen LogP contribution in [0.15, 0.2) is 23.2 Å². The first-order chi connectivity index (χ1) is 10.7. The zero-order chi connectivity index (χ0) is 15.5. The fraction of sp³-hybridized carbons (Fsp3) is 0.588. The van der Waals surface area contributed by atoms with E-state index in [1.165, 1.54) is 43.9 Å². The first-order valence-corrected chi connectivity index (χ1v) is 8.20. The van der Waals surface area contributed by atoms with Crippen LogP contribution in [0.3, 0.4) is 0 Å². The van der Waals surface area contributed by atoms with Gasteiger partial charge in [0, 0.05) is 30.1 Å². The molecule has 0 aliphatic heterocycles. The van der Waals surface area contributed by atoms with Gasteiger partial charge < -0.3 is 10.6 Å². The monoisotopic (exact) mass is 307 g/mol. The van der Waals surface area contributed by atoms with Crippen LogP contribution < -0.4 is 10.6 Å². The van der Waals surface area contributed by atoms with E-state index >= 15 is 0 Å². The summed E-state index contributed by atoms with van der Waals surface area (Å²) in [6.45, 7) is 2.67. The van der Waals surface area contributed by atoms with Crippen molar-refractivity contribution in [3.8, 4) is 0 Å². The van der Waals surface area contributed by atoms with Gasteiger partial charge in [-0.3, -0.25) is 4.99 Å². The van der Waals surface area contributed by atoms with Gasteiger partial charge in [-0.25, -0.2) is 8.78 Å². The molecule has 2 aliphatic carbocycles. The molecule has 0 saturated heterocycles. The second kappa shape index (κ2) is 6.63. The molecule has 0 amide bonds. The van der Waals surface area contributed by atoms with Crippen molar-refractivity contribution < 1.29 is 8.78 Å². The van der Waals surface area contributed by atoms with Crippen LogP contribution in [0.5, 0.6) is 0 Å². The van der Waals surface area contributed by atoms with Gasteiger partial charge in [0.05, 0.1) is 0 Å². The smallest absolute Gasteiger partial charge is 0.191 e. The van der Waals surface area contributed by atoms with Crippen molar-refractivity contribution in [3.63, 3.8) is 0 Å². The number of benzene rings is 1. The molecule has 2 atom stereocenters. The van der Waals surface area contributed by atoms with E-state index in [0.717, 1.165) is 12.4 Å². The third-order valence-electron chi connectivity index (χ3n) is 4.50. The highest BCUT2D eigenvalue weighted by molar-refractivity contribution is 5.81. The Morgan fingerprint density at radius 3 is 2.50 bits per heavy atom. The van der Waals surface area contributed by atoms with E-state index in [4.69, 9.17) is 0 Å². The Labute approximate surface area is 130 Å². The SMILES string of the molecule is CCN=C(NC1CCCC1)NC1CC1c1c(F)cccc1F. The zero-order valence-electron chi connectivity index (χ0n) is 12.9. The van der Waals surface area contributed by atoms with Crippen LogP contribution in [0.4, 0.5) is 8.78 Å². The minimum atomic E-state index is -0.452. The van der Waals surface area contributed by atoms with Gasteiger partial charge in [0.2, 0.25) is 0 Å². The van der Waals surface area contributed by atoms with Crippen LogP contribution in [-0.2, 0) is 0 Å². The molecular formula is C17H23F2N3. The normalized spacial score (nSPS) is 25.3. The molecule has 22 heavy (non-hydrogen) atoms. The van der Waals surface area contributed by atoms with E-state index in [-0.39, 0.29) is 17.5 Å². The summed E-state index contributed by atoms with van der Waals surface area (Å²) >= 11 is 0. The second-order valence-electron chi connectivity index (χ2n) is 6.18. The Morgan fingerprint density at radius 1 is 1.18 bits per heavy atom. The summed E-state index contributed by atoms with van der Waals surface area (Å²) in [5.74, 6) is -0.230. The molecule has 2 saturated carbocycles.